The molecule has 122 valence electrons. The number of halogens is 1. The van der Waals surface area contributed by atoms with E-state index >= 15 is 0 Å². The molecule has 6 heteroatoms. The minimum absolute atomic E-state index is 0.349. The van der Waals surface area contributed by atoms with Crippen molar-refractivity contribution in [3.63, 3.8) is 0 Å². The van der Waals surface area contributed by atoms with Crippen LogP contribution < -0.4 is 0 Å². The molecule has 2 nitrogen and oxygen atoms in total. The van der Waals surface area contributed by atoms with Crippen LogP contribution in [0.5, 0.6) is 0 Å². The van der Waals surface area contributed by atoms with Crippen LogP contribution in [-0.4, -0.2) is 24.5 Å². The zero-order valence-electron chi connectivity index (χ0n) is 12.0. The maximum atomic E-state index is 4.78. The van der Waals surface area contributed by atoms with Crippen molar-refractivity contribution in [3.05, 3.63) is 44.8 Å². The SMILES string of the molecule is C(=N[C@H]1CCCC[C@@H]1N=Cc1cccs1)c1cccs1.[Cu][I]. The number of rotatable bonds is 4. The maximum absolute atomic E-state index is 4.78. The summed E-state index contributed by atoms with van der Waals surface area (Å²) >= 11 is 9.35. The van der Waals surface area contributed by atoms with Crippen molar-refractivity contribution < 1.29 is 12.8 Å². The number of hydrogen-bond acceptors (Lipinski definition) is 4. The Morgan fingerprint density at radius 2 is 1.36 bits per heavy atom. The zero-order chi connectivity index (χ0) is 15.6. The first-order valence-electron chi connectivity index (χ1n) is 7.16. The Bertz CT molecular complexity index is 515. The van der Waals surface area contributed by atoms with E-state index in [1.807, 2.05) is 12.4 Å². The summed E-state index contributed by atoms with van der Waals surface area (Å²) in [4.78, 5) is 12.0. The Balaban J connectivity index is 0.000000847. The predicted molar refractivity (Wildman–Crippen MR) is 104 cm³/mol. The topological polar surface area (TPSA) is 24.7 Å². The van der Waals surface area contributed by atoms with E-state index in [4.69, 9.17) is 9.98 Å². The fourth-order valence-corrected chi connectivity index (χ4v) is 3.69. The molecule has 2 aromatic heterocycles. The Morgan fingerprint density at radius 3 is 1.73 bits per heavy atom. The molecule has 3 rings (SSSR count). The van der Waals surface area contributed by atoms with E-state index < -0.39 is 0 Å². The summed E-state index contributed by atoms with van der Waals surface area (Å²) in [5.41, 5.74) is 0. The van der Waals surface area contributed by atoms with Gasteiger partial charge in [0.25, 0.3) is 0 Å². The summed E-state index contributed by atoms with van der Waals surface area (Å²) in [6.07, 6.45) is 8.92. The van der Waals surface area contributed by atoms with Crippen LogP contribution in [0.3, 0.4) is 0 Å². The molecule has 0 spiro atoms. The summed E-state index contributed by atoms with van der Waals surface area (Å²) in [5, 5.41) is 4.18. The van der Waals surface area contributed by atoms with Crippen molar-refractivity contribution in [2.24, 2.45) is 9.98 Å². The number of nitrogens with zero attached hydrogens (tertiary/aromatic N) is 2. The summed E-state index contributed by atoms with van der Waals surface area (Å²) in [6.45, 7) is 0. The first kappa shape index (κ1) is 18.3. The fraction of sp³-hybridized carbons (Fsp3) is 0.375. The van der Waals surface area contributed by atoms with Crippen LogP contribution in [0.25, 0.3) is 0 Å². The Hall–Kier alpha value is -0.0105. The first-order chi connectivity index (χ1) is 10.9. The molecule has 2 aromatic rings. The molecule has 0 radical (unpaired) electrons. The van der Waals surface area contributed by atoms with Crippen molar-refractivity contribution in [3.8, 4) is 0 Å². The third-order valence-electron chi connectivity index (χ3n) is 3.57. The molecule has 0 unspecified atom stereocenters. The third-order valence-corrected chi connectivity index (χ3v) is 5.18. The average molecular weight is 493 g/mol. The Morgan fingerprint density at radius 1 is 0.909 bits per heavy atom. The van der Waals surface area contributed by atoms with Gasteiger partial charge in [-0.15, -0.1) is 22.7 Å². The van der Waals surface area contributed by atoms with Crippen LogP contribution in [0.1, 0.15) is 35.4 Å². The summed E-state index contributed by atoms with van der Waals surface area (Å²) < 4.78 is 0. The van der Waals surface area contributed by atoms with E-state index in [0.717, 1.165) is 12.8 Å². The van der Waals surface area contributed by atoms with E-state index in [-0.39, 0.29) is 0 Å². The minimum atomic E-state index is 0.349. The monoisotopic (exact) mass is 492 g/mol. The van der Waals surface area contributed by atoms with E-state index in [1.54, 1.807) is 43.0 Å². The molecule has 1 fully saturated rings. The van der Waals surface area contributed by atoms with Gasteiger partial charge in [0.05, 0.1) is 12.1 Å². The van der Waals surface area contributed by atoms with E-state index in [1.165, 1.54) is 22.6 Å². The van der Waals surface area contributed by atoms with Gasteiger partial charge in [0.15, 0.2) is 0 Å². The van der Waals surface area contributed by atoms with Gasteiger partial charge in [-0.05, 0) is 35.7 Å². The molecule has 0 aliphatic heterocycles. The zero-order valence-corrected chi connectivity index (χ0v) is 16.7. The van der Waals surface area contributed by atoms with E-state index in [0.29, 0.717) is 12.1 Å². The van der Waals surface area contributed by atoms with E-state index in [2.05, 4.69) is 47.8 Å². The molecule has 1 aliphatic carbocycles. The van der Waals surface area contributed by atoms with Gasteiger partial charge in [-0.3, -0.25) is 9.98 Å². The summed E-state index contributed by atoms with van der Waals surface area (Å²) in [7, 11) is 0. The quantitative estimate of drug-likeness (QED) is 0.304. The normalized spacial score (nSPS) is 22.0. The number of aliphatic imine (C=N–C) groups is 2. The van der Waals surface area contributed by atoms with E-state index in [9.17, 15) is 0 Å². The van der Waals surface area contributed by atoms with Gasteiger partial charge in [0.2, 0.25) is 0 Å². The molecule has 22 heavy (non-hydrogen) atoms. The van der Waals surface area contributed by atoms with Crippen LogP contribution in [0.15, 0.2) is 45.0 Å². The molecule has 0 aromatic carbocycles. The summed E-state index contributed by atoms with van der Waals surface area (Å²) in [5.74, 6) is 0. The summed E-state index contributed by atoms with van der Waals surface area (Å²) in [6, 6.07) is 9.06. The standard InChI is InChI=1S/C16H18N2S2.Cu.HI/c1-2-8-16(18-12-14-6-4-10-20-14)15(7-1)17-11-13-5-3-9-19-13;;/h3-6,9-12,15-16H,1-2,7-8H2;;1H/q;+1;/p-1/t15-,16-;;/m0../s1. The number of thiophene rings is 2. The average Bonchev–Trinajstić information content (AvgIpc) is 3.27. The first-order valence-corrected chi connectivity index (χ1v) is 12.0. The Kier molecular flexibility index (Phi) is 8.92. The second-order valence-corrected chi connectivity index (χ2v) is 6.96. The van der Waals surface area contributed by atoms with Crippen LogP contribution in [-0.2, 0) is 12.8 Å². The van der Waals surface area contributed by atoms with Gasteiger partial charge in [0.1, 0.15) is 0 Å². The van der Waals surface area contributed by atoms with Crippen molar-refractivity contribution in [2.45, 2.75) is 37.8 Å². The van der Waals surface area contributed by atoms with Gasteiger partial charge in [-0.1, -0.05) is 25.0 Å². The van der Waals surface area contributed by atoms with Crippen LogP contribution in [0, 0.1) is 0 Å². The van der Waals surface area contributed by atoms with Gasteiger partial charge < -0.3 is 0 Å². The van der Waals surface area contributed by atoms with Crippen LogP contribution in [0.2, 0.25) is 0 Å². The second kappa shape index (κ2) is 10.7. The van der Waals surface area contributed by atoms with Gasteiger partial charge in [-0.25, -0.2) is 0 Å². The van der Waals surface area contributed by atoms with Gasteiger partial charge in [-0.2, -0.15) is 0 Å². The molecule has 2 atom stereocenters. The molecule has 0 N–H and O–H groups in total. The third kappa shape index (κ3) is 5.89. The molecular weight excluding hydrogens is 475 g/mol. The van der Waals surface area contributed by atoms with Crippen molar-refractivity contribution in [1.82, 2.24) is 0 Å². The molecule has 2 heterocycles. The predicted octanol–water partition coefficient (Wildman–Crippen LogP) is 5.54. The molecule has 0 amide bonds. The molecule has 0 saturated heterocycles. The molecule has 1 saturated carbocycles. The second-order valence-electron chi connectivity index (χ2n) is 5.01. The fourth-order valence-electron chi connectivity index (χ4n) is 2.51. The molecule has 0 bridgehead atoms. The number of hydrogen-bond donors (Lipinski definition) is 0. The molecular formula is C16H18CuIN2S2. The Labute approximate surface area is 159 Å². The van der Waals surface area contributed by atoms with Gasteiger partial charge in [0, 0.05) is 22.2 Å². The van der Waals surface area contributed by atoms with Crippen LogP contribution >= 0.6 is 43.0 Å². The van der Waals surface area contributed by atoms with Crippen molar-refractivity contribution in [2.75, 3.05) is 0 Å². The molecule has 1 aliphatic rings. The van der Waals surface area contributed by atoms with Gasteiger partial charge >= 0.3 is 33.1 Å². The van der Waals surface area contributed by atoms with Crippen molar-refractivity contribution >= 4 is 55.4 Å². The van der Waals surface area contributed by atoms with Crippen molar-refractivity contribution in [1.29, 1.82) is 0 Å². The van der Waals surface area contributed by atoms with Crippen LogP contribution in [0.4, 0.5) is 0 Å².